The highest BCUT2D eigenvalue weighted by Gasteiger charge is 2.67. The number of rotatable bonds is 14. The Morgan fingerprint density at radius 3 is 2.51 bits per heavy atom. The molecule has 2 fully saturated rings. The first kappa shape index (κ1) is 34.8. The van der Waals surface area contributed by atoms with Crippen molar-refractivity contribution >= 4 is 41.0 Å². The van der Waals surface area contributed by atoms with E-state index in [0.29, 0.717) is 34.8 Å². The van der Waals surface area contributed by atoms with Crippen molar-refractivity contribution < 1.29 is 38.1 Å². The van der Waals surface area contributed by atoms with Gasteiger partial charge >= 0.3 is 6.09 Å². The number of hydrogen-bond donors (Lipinski definition) is 5. The van der Waals surface area contributed by atoms with E-state index in [9.17, 15) is 23.6 Å². The number of carbonyl (C=O) groups excluding carboxylic acids is 3. The predicted molar refractivity (Wildman–Crippen MR) is 175 cm³/mol. The number of hydrogen-bond acceptors (Lipinski definition) is 9. The third-order valence-electron chi connectivity index (χ3n) is 8.29. The van der Waals surface area contributed by atoms with Crippen molar-refractivity contribution in [3.05, 3.63) is 92.2 Å². The summed E-state index contributed by atoms with van der Waals surface area (Å²) in [5.41, 5.74) is 8.68. The first-order valence-corrected chi connectivity index (χ1v) is 16.1. The average Bonchev–Trinajstić information content (AvgIpc) is 3.39. The van der Waals surface area contributed by atoms with Crippen molar-refractivity contribution in [2.24, 2.45) is 10.5 Å². The van der Waals surface area contributed by atoms with Gasteiger partial charge in [-0.2, -0.15) is 0 Å². The number of azide groups is 1. The molecule has 2 aromatic carbocycles. The zero-order valence-electron chi connectivity index (χ0n) is 26.2. The second kappa shape index (κ2) is 15.1. The molecule has 256 valence electrons. The Hall–Kier alpha value is -5.51. The second-order valence-corrected chi connectivity index (χ2v) is 12.6. The van der Waals surface area contributed by atoms with Gasteiger partial charge in [-0.25, -0.2) is 9.18 Å². The van der Waals surface area contributed by atoms with Crippen LogP contribution in [0.2, 0.25) is 0 Å². The quantitative estimate of drug-likeness (QED) is 0.0404. The highest BCUT2D eigenvalue weighted by Crippen LogP contribution is 2.59. The van der Waals surface area contributed by atoms with Crippen LogP contribution >= 0.6 is 11.3 Å². The van der Waals surface area contributed by atoms with Gasteiger partial charge in [-0.3, -0.25) is 25.1 Å². The first-order valence-electron chi connectivity index (χ1n) is 15.2. The third-order valence-corrected chi connectivity index (χ3v) is 9.40. The SMILES string of the molecule is CC(NC(=O)[C@@H]1C[C@]2(COCCN=[N+]=[N-])C[C@@H]2N1C(=O)CNC(=O)c1ccc(Oc2ccc(F)cc2)cc1)c1cc(C(=N)NC(=O)O)cs1. The topological polar surface area (TPSA) is 219 Å². The van der Waals surface area contributed by atoms with Gasteiger partial charge in [0.1, 0.15) is 29.2 Å². The molecule has 0 spiro atoms. The Kier molecular flexibility index (Phi) is 10.8. The Balaban J connectivity index is 1.22. The fourth-order valence-electron chi connectivity index (χ4n) is 5.78. The normalized spacial score (nSPS) is 19.5. The largest absolute Gasteiger partial charge is 0.465 e. The van der Waals surface area contributed by atoms with Gasteiger partial charge < -0.3 is 30.1 Å². The van der Waals surface area contributed by atoms with E-state index >= 15 is 0 Å². The molecule has 1 saturated heterocycles. The minimum Gasteiger partial charge on any atom is -0.465 e. The van der Waals surface area contributed by atoms with Gasteiger partial charge in [0.15, 0.2) is 0 Å². The van der Waals surface area contributed by atoms with Crippen LogP contribution in [-0.2, 0) is 14.3 Å². The van der Waals surface area contributed by atoms with Gasteiger partial charge in [0.25, 0.3) is 5.91 Å². The Morgan fingerprint density at radius 1 is 1.14 bits per heavy atom. The van der Waals surface area contributed by atoms with Crippen LogP contribution < -0.4 is 20.7 Å². The highest BCUT2D eigenvalue weighted by atomic mass is 32.1. The smallest absolute Gasteiger partial charge is 0.410 e. The van der Waals surface area contributed by atoms with Gasteiger partial charge in [-0.15, -0.1) is 11.3 Å². The fraction of sp³-hybridized carbons (Fsp3) is 0.344. The number of nitrogens with one attached hydrogen (secondary N) is 4. The van der Waals surface area contributed by atoms with E-state index in [4.69, 9.17) is 25.5 Å². The number of halogens is 1. The first-order chi connectivity index (χ1) is 23.5. The maximum atomic E-state index is 13.6. The molecule has 15 nitrogen and oxygen atoms in total. The minimum atomic E-state index is -1.36. The summed E-state index contributed by atoms with van der Waals surface area (Å²) in [6.45, 7) is 1.98. The number of carbonyl (C=O) groups is 4. The molecule has 0 bridgehead atoms. The monoisotopic (exact) mass is 692 g/mol. The van der Waals surface area contributed by atoms with Crippen molar-refractivity contribution in [3.63, 3.8) is 0 Å². The van der Waals surface area contributed by atoms with E-state index in [0.717, 1.165) is 0 Å². The molecule has 1 aliphatic carbocycles. The molecule has 4 atom stereocenters. The van der Waals surface area contributed by atoms with E-state index in [2.05, 4.69) is 20.7 Å². The second-order valence-electron chi connectivity index (χ2n) is 11.6. The number of nitrogens with zero attached hydrogens (tertiary/aromatic N) is 4. The lowest BCUT2D eigenvalue weighted by Crippen LogP contribution is -2.51. The van der Waals surface area contributed by atoms with Gasteiger partial charge in [0, 0.05) is 44.3 Å². The van der Waals surface area contributed by atoms with E-state index in [1.807, 2.05) is 5.32 Å². The van der Waals surface area contributed by atoms with Crippen LogP contribution in [0.4, 0.5) is 9.18 Å². The minimum absolute atomic E-state index is 0.148. The Bertz CT molecular complexity index is 1780. The number of amidine groups is 1. The summed E-state index contributed by atoms with van der Waals surface area (Å²) in [5, 5.41) is 29.4. The lowest BCUT2D eigenvalue weighted by Gasteiger charge is -2.28. The maximum Gasteiger partial charge on any atom is 0.410 e. The van der Waals surface area contributed by atoms with Crippen molar-refractivity contribution in [2.45, 2.75) is 37.9 Å². The number of likely N-dealkylation sites (tertiary alicyclic amines) is 1. The molecule has 5 rings (SSSR count). The zero-order valence-corrected chi connectivity index (χ0v) is 27.0. The van der Waals surface area contributed by atoms with Crippen LogP contribution in [0.1, 0.15) is 46.6 Å². The van der Waals surface area contributed by atoms with E-state index in [1.165, 1.54) is 52.6 Å². The number of thiophene rings is 1. The van der Waals surface area contributed by atoms with Crippen LogP contribution in [0.25, 0.3) is 10.4 Å². The zero-order chi connectivity index (χ0) is 35.1. The number of amides is 4. The molecule has 2 aliphatic rings. The summed E-state index contributed by atoms with van der Waals surface area (Å²) in [5.74, 6) is -1.18. The molecule has 0 radical (unpaired) electrons. The summed E-state index contributed by atoms with van der Waals surface area (Å²) < 4.78 is 24.6. The molecular formula is C32H33FN8O7S. The summed E-state index contributed by atoms with van der Waals surface area (Å²) in [4.78, 5) is 56.0. The molecule has 49 heavy (non-hydrogen) atoms. The van der Waals surface area contributed by atoms with Gasteiger partial charge in [0.2, 0.25) is 11.8 Å². The van der Waals surface area contributed by atoms with Crippen LogP contribution in [0.3, 0.4) is 0 Å². The molecule has 5 N–H and O–H groups in total. The lowest BCUT2D eigenvalue weighted by molar-refractivity contribution is -0.139. The van der Waals surface area contributed by atoms with Crippen LogP contribution in [0.5, 0.6) is 11.5 Å². The molecule has 4 amide bonds. The summed E-state index contributed by atoms with van der Waals surface area (Å²) >= 11 is 1.25. The molecule has 1 saturated carbocycles. The van der Waals surface area contributed by atoms with Crippen molar-refractivity contribution in [3.8, 4) is 11.5 Å². The van der Waals surface area contributed by atoms with Crippen molar-refractivity contribution in [1.29, 1.82) is 5.41 Å². The van der Waals surface area contributed by atoms with Crippen molar-refractivity contribution in [1.82, 2.24) is 20.9 Å². The van der Waals surface area contributed by atoms with Crippen LogP contribution in [-0.4, -0.2) is 78.0 Å². The fourth-order valence-corrected chi connectivity index (χ4v) is 6.69. The number of fused-ring (bicyclic) bond motifs is 1. The van der Waals surface area contributed by atoms with Gasteiger partial charge in [-0.1, -0.05) is 5.11 Å². The van der Waals surface area contributed by atoms with E-state index < -0.39 is 47.1 Å². The molecule has 1 unspecified atom stereocenters. The predicted octanol–water partition coefficient (Wildman–Crippen LogP) is 4.57. The van der Waals surface area contributed by atoms with Crippen LogP contribution in [0, 0.1) is 16.6 Å². The van der Waals surface area contributed by atoms with Gasteiger partial charge in [0.05, 0.1) is 25.8 Å². The molecule has 3 aromatic rings. The standard InChI is InChI=1S/C32H33FN8O7S/c1-18(25-12-20(16-49-25)28(34)39-31(45)46)38-30(44)24-13-32(17-47-11-10-37-40-35)14-26(32)41(24)27(42)15-36-29(43)19-2-6-22(7-3-19)48-23-8-4-21(33)5-9-23/h2-9,12,16,18,24,26H,10-11,13-15,17H2,1H3,(H2,34,39)(H,36,43)(H,38,44)(H,45,46)/t18?,24-,26-,32+/m0/s1. The Morgan fingerprint density at radius 2 is 1.84 bits per heavy atom. The molecule has 2 heterocycles. The number of carboxylic acid groups (broad SMARTS) is 1. The lowest BCUT2D eigenvalue weighted by atomic mass is 10.00. The van der Waals surface area contributed by atoms with E-state index in [1.54, 1.807) is 30.5 Å². The highest BCUT2D eigenvalue weighted by molar-refractivity contribution is 7.10. The maximum absolute atomic E-state index is 13.6. The third kappa shape index (κ3) is 8.51. The number of benzene rings is 2. The van der Waals surface area contributed by atoms with E-state index in [-0.39, 0.29) is 43.7 Å². The molecule has 17 heteroatoms. The Labute approximate surface area is 283 Å². The summed E-state index contributed by atoms with van der Waals surface area (Å²) in [7, 11) is 0. The number of ether oxygens (including phenoxy) is 2. The number of piperidine rings is 1. The average molecular weight is 693 g/mol. The molecule has 1 aromatic heterocycles. The van der Waals surface area contributed by atoms with Crippen molar-refractivity contribution in [2.75, 3.05) is 26.3 Å². The molecule has 1 aliphatic heterocycles. The summed E-state index contributed by atoms with van der Waals surface area (Å²) in [6, 6.07) is 11.7. The molecular weight excluding hydrogens is 659 g/mol. The summed E-state index contributed by atoms with van der Waals surface area (Å²) in [6.07, 6.45) is -0.423. The van der Waals surface area contributed by atoms with Crippen LogP contribution in [0.15, 0.2) is 65.1 Å². The van der Waals surface area contributed by atoms with Gasteiger partial charge in [-0.05, 0) is 79.9 Å².